The van der Waals surface area contributed by atoms with E-state index in [1.807, 2.05) is 30.3 Å². The molecule has 150 valence electrons. The van der Waals surface area contributed by atoms with Crippen LogP contribution in [0.3, 0.4) is 0 Å². The highest BCUT2D eigenvalue weighted by Gasteiger charge is 2.19. The Hall–Kier alpha value is -3.79. The summed E-state index contributed by atoms with van der Waals surface area (Å²) in [5.41, 5.74) is 0.936. The summed E-state index contributed by atoms with van der Waals surface area (Å²) >= 11 is 0. The average Bonchev–Trinajstić information content (AvgIpc) is 3.22. The Morgan fingerprint density at radius 2 is 2.00 bits per heavy atom. The number of nitro benzene ring substituents is 1. The fourth-order valence-corrected chi connectivity index (χ4v) is 2.47. The molecule has 0 spiro atoms. The standard InChI is InChI=1S/C19H18N4O6/c1-27-10-9-20-16-8-7-14(23(25)26)11-15(16)19(24)28-12-17-21-22-18(29-17)13-5-3-2-4-6-13/h2-8,11,20H,9-10,12H2,1H3. The minimum atomic E-state index is -0.756. The van der Waals surface area contributed by atoms with Gasteiger partial charge in [0.2, 0.25) is 5.89 Å². The molecular formula is C19H18N4O6. The molecule has 1 heterocycles. The Balaban J connectivity index is 1.71. The largest absolute Gasteiger partial charge is 0.452 e. The number of methoxy groups -OCH3 is 1. The van der Waals surface area contributed by atoms with E-state index in [0.717, 1.165) is 11.6 Å². The second-order valence-corrected chi connectivity index (χ2v) is 5.85. The van der Waals surface area contributed by atoms with Crippen molar-refractivity contribution in [3.63, 3.8) is 0 Å². The predicted molar refractivity (Wildman–Crippen MR) is 102 cm³/mol. The molecule has 0 fully saturated rings. The van der Waals surface area contributed by atoms with Crippen LogP contribution < -0.4 is 5.32 Å². The number of nitro groups is 1. The van der Waals surface area contributed by atoms with Gasteiger partial charge < -0.3 is 19.2 Å². The van der Waals surface area contributed by atoms with Crippen LogP contribution in [-0.2, 0) is 16.1 Å². The smallest absolute Gasteiger partial charge is 0.341 e. The number of non-ortho nitro benzene ring substituents is 1. The first-order valence-electron chi connectivity index (χ1n) is 8.64. The Kier molecular flexibility index (Phi) is 6.48. The van der Waals surface area contributed by atoms with Crippen molar-refractivity contribution in [1.82, 2.24) is 10.2 Å². The maximum absolute atomic E-state index is 12.5. The Labute approximate surface area is 165 Å². The number of nitrogens with one attached hydrogen (secondary N) is 1. The molecule has 0 aliphatic carbocycles. The summed E-state index contributed by atoms with van der Waals surface area (Å²) in [5, 5.41) is 21.8. The lowest BCUT2D eigenvalue weighted by Gasteiger charge is -2.11. The zero-order valence-electron chi connectivity index (χ0n) is 15.5. The van der Waals surface area contributed by atoms with Gasteiger partial charge in [0.25, 0.3) is 11.6 Å². The highest BCUT2D eigenvalue weighted by Crippen LogP contribution is 2.24. The first kappa shape index (κ1) is 20.0. The summed E-state index contributed by atoms with van der Waals surface area (Å²) in [6, 6.07) is 13.1. The van der Waals surface area contributed by atoms with E-state index in [-0.39, 0.29) is 23.7 Å². The Morgan fingerprint density at radius 3 is 2.72 bits per heavy atom. The number of ether oxygens (including phenoxy) is 2. The third kappa shape index (κ3) is 5.14. The molecule has 0 aliphatic heterocycles. The summed E-state index contributed by atoms with van der Waals surface area (Å²) in [7, 11) is 1.54. The van der Waals surface area contributed by atoms with E-state index in [2.05, 4.69) is 15.5 Å². The molecule has 0 saturated carbocycles. The van der Waals surface area contributed by atoms with Crippen molar-refractivity contribution >= 4 is 17.3 Å². The van der Waals surface area contributed by atoms with Crippen LogP contribution in [0.2, 0.25) is 0 Å². The predicted octanol–water partition coefficient (Wildman–Crippen LogP) is 3.06. The molecule has 0 bridgehead atoms. The lowest BCUT2D eigenvalue weighted by Crippen LogP contribution is -2.13. The van der Waals surface area contributed by atoms with Crippen LogP contribution in [0.5, 0.6) is 0 Å². The molecule has 1 N–H and O–H groups in total. The number of esters is 1. The maximum Gasteiger partial charge on any atom is 0.341 e. The van der Waals surface area contributed by atoms with Gasteiger partial charge in [-0.3, -0.25) is 10.1 Å². The maximum atomic E-state index is 12.5. The van der Waals surface area contributed by atoms with E-state index in [1.54, 1.807) is 7.11 Å². The van der Waals surface area contributed by atoms with Crippen molar-refractivity contribution in [3.05, 3.63) is 70.1 Å². The third-order valence-corrected chi connectivity index (χ3v) is 3.87. The van der Waals surface area contributed by atoms with E-state index in [9.17, 15) is 14.9 Å². The zero-order valence-corrected chi connectivity index (χ0v) is 15.5. The number of nitrogens with zero attached hydrogens (tertiary/aromatic N) is 3. The molecule has 2 aromatic carbocycles. The molecule has 3 aromatic rings. The molecule has 1 aromatic heterocycles. The van der Waals surface area contributed by atoms with Crippen molar-refractivity contribution in [2.45, 2.75) is 6.61 Å². The fraction of sp³-hybridized carbons (Fsp3) is 0.211. The van der Waals surface area contributed by atoms with Gasteiger partial charge in [0.05, 0.1) is 17.1 Å². The van der Waals surface area contributed by atoms with Gasteiger partial charge in [-0.05, 0) is 18.2 Å². The second kappa shape index (κ2) is 9.42. The number of rotatable bonds is 9. The van der Waals surface area contributed by atoms with E-state index < -0.39 is 10.9 Å². The molecule has 0 saturated heterocycles. The van der Waals surface area contributed by atoms with Crippen molar-refractivity contribution < 1.29 is 23.6 Å². The van der Waals surface area contributed by atoms with Gasteiger partial charge in [0, 0.05) is 37.0 Å². The van der Waals surface area contributed by atoms with E-state index in [1.165, 1.54) is 12.1 Å². The van der Waals surface area contributed by atoms with Crippen molar-refractivity contribution in [2.24, 2.45) is 0 Å². The van der Waals surface area contributed by atoms with Gasteiger partial charge in [0.1, 0.15) is 0 Å². The molecule has 0 amide bonds. The highest BCUT2D eigenvalue weighted by molar-refractivity contribution is 5.96. The number of hydrogen-bond donors (Lipinski definition) is 1. The minimum absolute atomic E-state index is 0.0260. The molecule has 0 unspecified atom stereocenters. The number of hydrogen-bond acceptors (Lipinski definition) is 9. The van der Waals surface area contributed by atoms with E-state index in [0.29, 0.717) is 24.7 Å². The number of carbonyl (C=O) groups is 1. The van der Waals surface area contributed by atoms with Gasteiger partial charge >= 0.3 is 5.97 Å². The third-order valence-electron chi connectivity index (χ3n) is 3.87. The van der Waals surface area contributed by atoms with Crippen molar-refractivity contribution in [2.75, 3.05) is 25.6 Å². The Morgan fingerprint density at radius 1 is 1.21 bits per heavy atom. The van der Waals surface area contributed by atoms with Crippen LogP contribution in [0.25, 0.3) is 11.5 Å². The lowest BCUT2D eigenvalue weighted by atomic mass is 10.1. The van der Waals surface area contributed by atoms with Crippen molar-refractivity contribution in [1.29, 1.82) is 0 Å². The summed E-state index contributed by atoms with van der Waals surface area (Å²) < 4.78 is 15.7. The van der Waals surface area contributed by atoms with Crippen LogP contribution in [0.15, 0.2) is 52.9 Å². The zero-order chi connectivity index (χ0) is 20.6. The number of benzene rings is 2. The second-order valence-electron chi connectivity index (χ2n) is 5.85. The van der Waals surface area contributed by atoms with Crippen LogP contribution in [0.1, 0.15) is 16.2 Å². The van der Waals surface area contributed by atoms with Gasteiger partial charge in [0.15, 0.2) is 6.61 Å². The van der Waals surface area contributed by atoms with Gasteiger partial charge in [-0.15, -0.1) is 10.2 Å². The molecule has 29 heavy (non-hydrogen) atoms. The molecule has 3 rings (SSSR count). The van der Waals surface area contributed by atoms with Gasteiger partial charge in [-0.1, -0.05) is 18.2 Å². The summed E-state index contributed by atoms with van der Waals surface area (Å²) in [5.74, 6) is -0.349. The number of carbonyl (C=O) groups excluding carboxylic acids is 1. The number of anilines is 1. The van der Waals surface area contributed by atoms with Crippen molar-refractivity contribution in [3.8, 4) is 11.5 Å². The van der Waals surface area contributed by atoms with Gasteiger partial charge in [-0.25, -0.2) is 4.79 Å². The first-order chi connectivity index (χ1) is 14.1. The average molecular weight is 398 g/mol. The first-order valence-corrected chi connectivity index (χ1v) is 8.64. The monoisotopic (exact) mass is 398 g/mol. The van der Waals surface area contributed by atoms with E-state index in [4.69, 9.17) is 13.9 Å². The van der Waals surface area contributed by atoms with Crippen LogP contribution in [0.4, 0.5) is 11.4 Å². The minimum Gasteiger partial charge on any atom is -0.452 e. The quantitative estimate of drug-likeness (QED) is 0.250. The van der Waals surface area contributed by atoms with Crippen LogP contribution >= 0.6 is 0 Å². The van der Waals surface area contributed by atoms with Crippen LogP contribution in [0, 0.1) is 10.1 Å². The SMILES string of the molecule is COCCNc1ccc([N+](=O)[O-])cc1C(=O)OCc1nnc(-c2ccccc2)o1. The topological polar surface area (TPSA) is 130 Å². The summed E-state index contributed by atoms with van der Waals surface area (Å²) in [6.07, 6.45) is 0. The highest BCUT2D eigenvalue weighted by atomic mass is 16.6. The normalized spacial score (nSPS) is 10.5. The molecule has 10 heteroatoms. The van der Waals surface area contributed by atoms with Crippen LogP contribution in [-0.4, -0.2) is 41.4 Å². The van der Waals surface area contributed by atoms with Gasteiger partial charge in [-0.2, -0.15) is 0 Å². The fourth-order valence-electron chi connectivity index (χ4n) is 2.47. The summed E-state index contributed by atoms with van der Waals surface area (Å²) in [6.45, 7) is 0.549. The molecule has 10 nitrogen and oxygen atoms in total. The molecular weight excluding hydrogens is 380 g/mol. The lowest BCUT2D eigenvalue weighted by molar-refractivity contribution is -0.384. The van der Waals surface area contributed by atoms with E-state index >= 15 is 0 Å². The molecule has 0 atom stereocenters. The molecule has 0 radical (unpaired) electrons. The molecule has 0 aliphatic rings. The number of aromatic nitrogens is 2. The Bertz CT molecular complexity index is 989. The summed E-state index contributed by atoms with van der Waals surface area (Å²) in [4.78, 5) is 23.0.